The third-order valence-electron chi connectivity index (χ3n) is 2.41. The van der Waals surface area contributed by atoms with Gasteiger partial charge in [-0.1, -0.05) is 0 Å². The molecule has 0 amide bonds. The second kappa shape index (κ2) is 4.07. The number of aryl methyl sites for hydroxylation is 1. The van der Waals surface area contributed by atoms with Gasteiger partial charge in [-0.2, -0.15) is 0 Å². The summed E-state index contributed by atoms with van der Waals surface area (Å²) in [5.41, 5.74) is 8.31. The molecule has 1 saturated carbocycles. The third kappa shape index (κ3) is 2.42. The van der Waals surface area contributed by atoms with Crippen LogP contribution in [0.2, 0.25) is 0 Å². The van der Waals surface area contributed by atoms with Crippen molar-refractivity contribution >= 4 is 12.4 Å². The number of halogens is 1. The molecule has 2 rings (SSSR count). The Balaban J connectivity index is 0.000000845. The predicted octanol–water partition coefficient (Wildman–Crippen LogP) is 2.22. The van der Waals surface area contributed by atoms with Crippen molar-refractivity contribution in [1.29, 1.82) is 0 Å². The maximum Gasteiger partial charge on any atom is 0.0576 e. The molecular weight excluding hydrogens is 184 g/mol. The lowest BCUT2D eigenvalue weighted by Crippen LogP contribution is -2.13. The van der Waals surface area contributed by atoms with Gasteiger partial charge in [0.05, 0.1) is 5.69 Å². The molecule has 13 heavy (non-hydrogen) atoms. The van der Waals surface area contributed by atoms with Crippen LogP contribution in [0.4, 0.5) is 0 Å². The molecule has 3 heteroatoms. The molecule has 2 N–H and O–H groups in total. The lowest BCUT2D eigenvalue weighted by atomic mass is 10.1. The fraction of sp³-hybridized carbons (Fsp3) is 0.500. The highest BCUT2D eigenvalue weighted by atomic mass is 35.5. The first-order chi connectivity index (χ1) is 5.77. The smallest absolute Gasteiger partial charge is 0.0576 e. The van der Waals surface area contributed by atoms with Gasteiger partial charge in [0.15, 0.2) is 0 Å². The van der Waals surface area contributed by atoms with Crippen LogP contribution in [-0.2, 0) is 0 Å². The van der Waals surface area contributed by atoms with Gasteiger partial charge in [-0.05, 0) is 43.4 Å². The highest BCUT2D eigenvalue weighted by Crippen LogP contribution is 2.38. The molecule has 1 atom stereocenters. The van der Waals surface area contributed by atoms with Crippen molar-refractivity contribution in [2.45, 2.75) is 25.8 Å². The molecule has 1 aromatic rings. The minimum Gasteiger partial charge on any atom is -0.322 e. The van der Waals surface area contributed by atoms with Gasteiger partial charge in [0.1, 0.15) is 0 Å². The molecule has 0 aromatic carbocycles. The van der Waals surface area contributed by atoms with Crippen LogP contribution in [0.15, 0.2) is 18.3 Å². The van der Waals surface area contributed by atoms with Crippen molar-refractivity contribution in [3.8, 4) is 0 Å². The van der Waals surface area contributed by atoms with Crippen molar-refractivity contribution in [3.63, 3.8) is 0 Å². The number of hydrogen-bond donors (Lipinski definition) is 1. The molecule has 1 aromatic heterocycles. The molecule has 1 aliphatic rings. The van der Waals surface area contributed by atoms with Crippen molar-refractivity contribution in [2.75, 3.05) is 0 Å². The van der Waals surface area contributed by atoms with Crippen molar-refractivity contribution in [1.82, 2.24) is 4.98 Å². The maximum absolute atomic E-state index is 6.01. The van der Waals surface area contributed by atoms with Gasteiger partial charge in [-0.15, -0.1) is 12.4 Å². The van der Waals surface area contributed by atoms with Crippen molar-refractivity contribution in [2.24, 2.45) is 11.7 Å². The van der Waals surface area contributed by atoms with Gasteiger partial charge in [0.25, 0.3) is 0 Å². The summed E-state index contributed by atoms with van der Waals surface area (Å²) in [5.74, 6) is 0.694. The summed E-state index contributed by atoms with van der Waals surface area (Å²) in [4.78, 5) is 4.28. The lowest BCUT2D eigenvalue weighted by Gasteiger charge is -2.09. The Morgan fingerprint density at radius 1 is 1.54 bits per heavy atom. The van der Waals surface area contributed by atoms with Crippen LogP contribution in [0, 0.1) is 12.8 Å². The number of nitrogens with two attached hydrogens (primary N) is 1. The average molecular weight is 199 g/mol. The molecule has 0 aliphatic heterocycles. The lowest BCUT2D eigenvalue weighted by molar-refractivity contribution is 0.614. The van der Waals surface area contributed by atoms with Gasteiger partial charge in [0.2, 0.25) is 0 Å². The molecule has 2 nitrogen and oxygen atoms in total. The summed E-state index contributed by atoms with van der Waals surface area (Å²) in [6.45, 7) is 2.07. The first-order valence-corrected chi connectivity index (χ1v) is 4.45. The van der Waals surface area contributed by atoms with E-state index in [9.17, 15) is 0 Å². The topological polar surface area (TPSA) is 38.9 Å². The van der Waals surface area contributed by atoms with E-state index in [0.29, 0.717) is 5.92 Å². The SMILES string of the molecule is Cc1ccnc([C@@H](N)C2CC2)c1.Cl. The van der Waals surface area contributed by atoms with Gasteiger partial charge in [0, 0.05) is 12.2 Å². The fourth-order valence-corrected chi connectivity index (χ4v) is 1.44. The van der Waals surface area contributed by atoms with E-state index in [2.05, 4.69) is 18.0 Å². The van der Waals surface area contributed by atoms with E-state index in [1.54, 1.807) is 0 Å². The Bertz CT molecular complexity index is 284. The Kier molecular flexibility index (Phi) is 3.28. The molecule has 1 fully saturated rings. The number of aromatic nitrogens is 1. The molecule has 0 bridgehead atoms. The highest BCUT2D eigenvalue weighted by molar-refractivity contribution is 5.85. The summed E-state index contributed by atoms with van der Waals surface area (Å²) in [7, 11) is 0. The zero-order chi connectivity index (χ0) is 8.55. The van der Waals surface area contributed by atoms with E-state index < -0.39 is 0 Å². The van der Waals surface area contributed by atoms with E-state index in [0.717, 1.165) is 5.69 Å². The number of pyridine rings is 1. The largest absolute Gasteiger partial charge is 0.322 e. The van der Waals surface area contributed by atoms with Crippen LogP contribution >= 0.6 is 12.4 Å². The van der Waals surface area contributed by atoms with E-state index in [4.69, 9.17) is 5.73 Å². The van der Waals surface area contributed by atoms with E-state index in [-0.39, 0.29) is 18.4 Å². The normalized spacial score (nSPS) is 17.7. The summed E-state index contributed by atoms with van der Waals surface area (Å²) >= 11 is 0. The molecular formula is C10H15ClN2. The minimum atomic E-state index is 0. The highest BCUT2D eigenvalue weighted by Gasteiger charge is 2.30. The summed E-state index contributed by atoms with van der Waals surface area (Å²) < 4.78 is 0. The number of rotatable bonds is 2. The molecule has 0 unspecified atom stereocenters. The summed E-state index contributed by atoms with van der Waals surface area (Å²) in [6, 6.07) is 4.26. The first kappa shape index (κ1) is 10.5. The quantitative estimate of drug-likeness (QED) is 0.792. The van der Waals surface area contributed by atoms with Crippen LogP contribution in [0.1, 0.15) is 30.1 Å². The molecule has 0 spiro atoms. The molecule has 0 saturated heterocycles. The Morgan fingerprint density at radius 2 is 2.23 bits per heavy atom. The van der Waals surface area contributed by atoms with Crippen LogP contribution in [-0.4, -0.2) is 4.98 Å². The Labute approximate surface area is 85.0 Å². The number of nitrogens with zero attached hydrogens (tertiary/aromatic N) is 1. The van der Waals surface area contributed by atoms with E-state index in [1.807, 2.05) is 12.3 Å². The fourth-order valence-electron chi connectivity index (χ4n) is 1.44. The standard InChI is InChI=1S/C10H14N2.ClH/c1-7-4-5-12-9(6-7)10(11)8-2-3-8;/h4-6,8,10H,2-3,11H2,1H3;1H/t10-;/m0./s1. The van der Waals surface area contributed by atoms with E-state index >= 15 is 0 Å². The van der Waals surface area contributed by atoms with Crippen LogP contribution in [0.5, 0.6) is 0 Å². The summed E-state index contributed by atoms with van der Waals surface area (Å²) in [6.07, 6.45) is 4.39. The van der Waals surface area contributed by atoms with E-state index in [1.165, 1.54) is 18.4 Å². The monoisotopic (exact) mass is 198 g/mol. The zero-order valence-electron chi connectivity index (χ0n) is 7.73. The Hall–Kier alpha value is -0.600. The van der Waals surface area contributed by atoms with Gasteiger partial charge < -0.3 is 5.73 Å². The second-order valence-corrected chi connectivity index (χ2v) is 3.62. The molecule has 0 radical (unpaired) electrons. The molecule has 1 heterocycles. The first-order valence-electron chi connectivity index (χ1n) is 4.45. The van der Waals surface area contributed by atoms with Crippen LogP contribution in [0.3, 0.4) is 0 Å². The minimum absolute atomic E-state index is 0. The molecule has 1 aliphatic carbocycles. The third-order valence-corrected chi connectivity index (χ3v) is 2.41. The predicted molar refractivity (Wildman–Crippen MR) is 55.9 cm³/mol. The van der Waals surface area contributed by atoms with Crippen molar-refractivity contribution in [3.05, 3.63) is 29.6 Å². The van der Waals surface area contributed by atoms with Gasteiger partial charge >= 0.3 is 0 Å². The van der Waals surface area contributed by atoms with Crippen LogP contribution < -0.4 is 5.73 Å². The summed E-state index contributed by atoms with van der Waals surface area (Å²) in [5, 5.41) is 0. The molecule has 72 valence electrons. The average Bonchev–Trinajstić information content (AvgIpc) is 2.85. The van der Waals surface area contributed by atoms with Gasteiger partial charge in [-0.25, -0.2) is 0 Å². The zero-order valence-corrected chi connectivity index (χ0v) is 8.55. The Morgan fingerprint density at radius 3 is 2.77 bits per heavy atom. The number of hydrogen-bond acceptors (Lipinski definition) is 2. The maximum atomic E-state index is 6.01. The second-order valence-electron chi connectivity index (χ2n) is 3.62. The van der Waals surface area contributed by atoms with Crippen molar-refractivity contribution < 1.29 is 0 Å². The van der Waals surface area contributed by atoms with Gasteiger partial charge in [-0.3, -0.25) is 4.98 Å². The van der Waals surface area contributed by atoms with Crippen LogP contribution in [0.25, 0.3) is 0 Å².